The zero-order chi connectivity index (χ0) is 18.8. The fourth-order valence-corrected chi connectivity index (χ4v) is 6.61. The van der Waals surface area contributed by atoms with Crippen molar-refractivity contribution in [2.45, 2.75) is 22.6 Å². The lowest BCUT2D eigenvalue weighted by Gasteiger charge is -2.16. The SMILES string of the molecule is Cn1cc(CN2C[C@H]3c4cc(-c5cnn(C)c5)ccc4S(=O)(=O)[C@H]3C2)cn1. The summed E-state index contributed by atoms with van der Waals surface area (Å²) in [4.78, 5) is 2.73. The number of hydrogen-bond donors (Lipinski definition) is 0. The van der Waals surface area contributed by atoms with Crippen LogP contribution in [0.25, 0.3) is 11.1 Å². The lowest BCUT2D eigenvalue weighted by Crippen LogP contribution is -2.25. The van der Waals surface area contributed by atoms with Crippen LogP contribution in [0.3, 0.4) is 0 Å². The number of likely N-dealkylation sites (tertiary alicyclic amines) is 1. The molecule has 0 aliphatic carbocycles. The van der Waals surface area contributed by atoms with Crippen molar-refractivity contribution in [1.29, 1.82) is 0 Å². The van der Waals surface area contributed by atoms with E-state index >= 15 is 0 Å². The molecule has 0 bridgehead atoms. The summed E-state index contributed by atoms with van der Waals surface area (Å²) >= 11 is 0. The van der Waals surface area contributed by atoms with Crippen molar-refractivity contribution in [3.05, 3.63) is 54.1 Å². The minimum atomic E-state index is -3.28. The molecule has 1 aromatic carbocycles. The number of aryl methyl sites for hydroxylation is 2. The van der Waals surface area contributed by atoms with Gasteiger partial charge < -0.3 is 0 Å². The lowest BCUT2D eigenvalue weighted by molar-refractivity contribution is 0.325. The van der Waals surface area contributed by atoms with Gasteiger partial charge in [0.1, 0.15) is 0 Å². The topological polar surface area (TPSA) is 73.0 Å². The first kappa shape index (κ1) is 16.7. The van der Waals surface area contributed by atoms with Gasteiger partial charge in [-0.25, -0.2) is 8.42 Å². The minimum Gasteiger partial charge on any atom is -0.297 e. The van der Waals surface area contributed by atoms with Crippen LogP contribution in [0.5, 0.6) is 0 Å². The standard InChI is InChI=1S/C19H21N5O2S/c1-22-8-13(6-20-22)9-24-11-17-16-5-14(15-7-21-23(2)10-15)3-4-18(16)27(25,26)19(17)12-24/h3-8,10,17,19H,9,11-12H2,1-2H3/t17-,19-/m0/s1. The van der Waals surface area contributed by atoms with E-state index in [1.54, 1.807) is 15.4 Å². The van der Waals surface area contributed by atoms with Gasteiger partial charge in [-0.1, -0.05) is 6.07 Å². The van der Waals surface area contributed by atoms with E-state index in [-0.39, 0.29) is 11.2 Å². The Kier molecular flexibility index (Phi) is 3.57. The summed E-state index contributed by atoms with van der Waals surface area (Å²) in [6.45, 7) is 2.05. The van der Waals surface area contributed by atoms with Crippen LogP contribution in [-0.2, 0) is 30.5 Å². The van der Waals surface area contributed by atoms with Crippen LogP contribution in [0, 0.1) is 0 Å². The minimum absolute atomic E-state index is 0.0262. The molecule has 4 heterocycles. The molecule has 0 saturated carbocycles. The highest BCUT2D eigenvalue weighted by molar-refractivity contribution is 7.92. The van der Waals surface area contributed by atoms with E-state index in [2.05, 4.69) is 15.1 Å². The maximum absolute atomic E-state index is 13.1. The Labute approximate surface area is 158 Å². The fraction of sp³-hybridized carbons (Fsp3) is 0.368. The Morgan fingerprint density at radius 2 is 1.81 bits per heavy atom. The van der Waals surface area contributed by atoms with Crippen LogP contribution in [0.15, 0.2) is 47.9 Å². The monoisotopic (exact) mass is 383 g/mol. The van der Waals surface area contributed by atoms with Gasteiger partial charge >= 0.3 is 0 Å². The van der Waals surface area contributed by atoms with Crippen LogP contribution in [0.4, 0.5) is 0 Å². The number of sulfone groups is 1. The third kappa shape index (κ3) is 2.62. The van der Waals surface area contributed by atoms with Crippen molar-refractivity contribution in [3.63, 3.8) is 0 Å². The number of benzene rings is 1. The molecule has 2 aliphatic heterocycles. The average Bonchev–Trinajstić information content (AvgIpc) is 3.37. The van der Waals surface area contributed by atoms with Crippen molar-refractivity contribution in [2.24, 2.45) is 14.1 Å². The van der Waals surface area contributed by atoms with Gasteiger partial charge in [-0.3, -0.25) is 14.3 Å². The first-order valence-corrected chi connectivity index (χ1v) is 10.5. The number of aromatic nitrogens is 4. The molecule has 0 spiro atoms. The second-order valence-electron chi connectivity index (χ2n) is 7.56. The normalized spacial score (nSPS) is 23.5. The van der Waals surface area contributed by atoms with Gasteiger partial charge in [0, 0.05) is 63.2 Å². The van der Waals surface area contributed by atoms with Crippen LogP contribution >= 0.6 is 0 Å². The van der Waals surface area contributed by atoms with E-state index < -0.39 is 9.84 Å². The second kappa shape index (κ2) is 5.77. The number of rotatable bonds is 3. The molecule has 140 valence electrons. The lowest BCUT2D eigenvalue weighted by atomic mass is 9.95. The van der Waals surface area contributed by atoms with E-state index in [1.165, 1.54) is 0 Å². The van der Waals surface area contributed by atoms with Gasteiger partial charge in [0.2, 0.25) is 0 Å². The molecular formula is C19H21N5O2S. The smallest absolute Gasteiger partial charge is 0.183 e. The molecule has 0 amide bonds. The summed E-state index contributed by atoms with van der Waals surface area (Å²) in [5.41, 5.74) is 4.09. The predicted molar refractivity (Wildman–Crippen MR) is 101 cm³/mol. The van der Waals surface area contributed by atoms with Gasteiger partial charge in [0.25, 0.3) is 0 Å². The van der Waals surface area contributed by atoms with Crippen LogP contribution in [-0.4, -0.2) is 51.2 Å². The molecule has 8 heteroatoms. The molecule has 2 aliphatic rings. The number of fused-ring (bicyclic) bond motifs is 3. The highest BCUT2D eigenvalue weighted by atomic mass is 32.2. The number of hydrogen-bond acceptors (Lipinski definition) is 5. The predicted octanol–water partition coefficient (Wildman–Crippen LogP) is 1.58. The van der Waals surface area contributed by atoms with Crippen molar-refractivity contribution in [3.8, 4) is 11.1 Å². The summed E-state index contributed by atoms with van der Waals surface area (Å²) in [6.07, 6.45) is 7.59. The van der Waals surface area contributed by atoms with Crippen molar-refractivity contribution < 1.29 is 8.42 Å². The third-order valence-electron chi connectivity index (χ3n) is 5.66. The molecule has 0 N–H and O–H groups in total. The Hall–Kier alpha value is -2.45. The maximum atomic E-state index is 13.1. The first-order valence-electron chi connectivity index (χ1n) is 8.98. The van der Waals surface area contributed by atoms with Gasteiger partial charge in [0.05, 0.1) is 22.5 Å². The fourth-order valence-electron chi connectivity index (χ4n) is 4.42. The Morgan fingerprint density at radius 3 is 2.52 bits per heavy atom. The Bertz CT molecular complexity index is 1130. The number of nitrogens with zero attached hydrogens (tertiary/aromatic N) is 5. The zero-order valence-electron chi connectivity index (χ0n) is 15.3. The summed E-state index contributed by atoms with van der Waals surface area (Å²) in [5.74, 6) is 0.0262. The Morgan fingerprint density at radius 1 is 1.04 bits per heavy atom. The summed E-state index contributed by atoms with van der Waals surface area (Å²) in [6, 6.07) is 5.71. The Balaban J connectivity index is 1.48. The summed E-state index contributed by atoms with van der Waals surface area (Å²) in [7, 11) is 0.491. The molecule has 27 heavy (non-hydrogen) atoms. The molecule has 7 nitrogen and oxygen atoms in total. The van der Waals surface area contributed by atoms with Gasteiger partial charge in [-0.05, 0) is 23.3 Å². The van der Waals surface area contributed by atoms with Gasteiger partial charge in [0.15, 0.2) is 9.84 Å². The molecule has 1 fully saturated rings. The van der Waals surface area contributed by atoms with E-state index in [4.69, 9.17) is 0 Å². The quantitative estimate of drug-likeness (QED) is 0.687. The first-order chi connectivity index (χ1) is 12.9. The largest absolute Gasteiger partial charge is 0.297 e. The van der Waals surface area contributed by atoms with E-state index in [0.717, 1.165) is 35.3 Å². The van der Waals surface area contributed by atoms with Crippen LogP contribution < -0.4 is 0 Å². The molecular weight excluding hydrogens is 362 g/mol. The molecule has 0 radical (unpaired) electrons. The molecule has 2 atom stereocenters. The van der Waals surface area contributed by atoms with Crippen molar-refractivity contribution in [2.75, 3.05) is 13.1 Å². The van der Waals surface area contributed by atoms with Crippen LogP contribution in [0.1, 0.15) is 17.0 Å². The highest BCUT2D eigenvalue weighted by Gasteiger charge is 2.50. The zero-order valence-corrected chi connectivity index (χ0v) is 16.1. The third-order valence-corrected chi connectivity index (χ3v) is 7.92. The summed E-state index contributed by atoms with van der Waals surface area (Å²) in [5, 5.41) is 8.08. The second-order valence-corrected chi connectivity index (χ2v) is 9.70. The molecule has 0 unspecified atom stereocenters. The van der Waals surface area contributed by atoms with E-state index in [1.807, 2.05) is 51.0 Å². The van der Waals surface area contributed by atoms with Gasteiger partial charge in [-0.2, -0.15) is 10.2 Å². The maximum Gasteiger partial charge on any atom is 0.183 e. The molecule has 3 aromatic rings. The molecule has 2 aromatic heterocycles. The molecule has 1 saturated heterocycles. The van der Waals surface area contributed by atoms with Crippen LogP contribution in [0.2, 0.25) is 0 Å². The van der Waals surface area contributed by atoms with Crippen molar-refractivity contribution in [1.82, 2.24) is 24.5 Å². The van der Waals surface area contributed by atoms with E-state index in [9.17, 15) is 8.42 Å². The molecule has 5 rings (SSSR count). The van der Waals surface area contributed by atoms with Crippen molar-refractivity contribution >= 4 is 9.84 Å². The average molecular weight is 383 g/mol. The van der Waals surface area contributed by atoms with Gasteiger partial charge in [-0.15, -0.1) is 0 Å². The summed E-state index contributed by atoms with van der Waals surface area (Å²) < 4.78 is 29.7. The van der Waals surface area contributed by atoms with E-state index in [0.29, 0.717) is 11.4 Å². The highest BCUT2D eigenvalue weighted by Crippen LogP contribution is 2.46.